The molecule has 5 rings (SSSR count). The predicted molar refractivity (Wildman–Crippen MR) is 123 cm³/mol. The molecule has 3 unspecified atom stereocenters. The van der Waals surface area contributed by atoms with Crippen LogP contribution in [0.15, 0.2) is 0 Å². The molecule has 5 fully saturated rings. The highest BCUT2D eigenvalue weighted by atomic mass is 16.5. The summed E-state index contributed by atoms with van der Waals surface area (Å²) in [6, 6.07) is 0.524. The molecule has 0 aromatic heterocycles. The molecule has 5 nitrogen and oxygen atoms in total. The fourth-order valence-corrected chi connectivity index (χ4v) is 9.55. The molecular formula is C27H43NO4. The third-order valence-corrected chi connectivity index (χ3v) is 10.9. The van der Waals surface area contributed by atoms with E-state index < -0.39 is 0 Å². The minimum absolute atomic E-state index is 0.0846. The van der Waals surface area contributed by atoms with E-state index in [0.29, 0.717) is 23.3 Å². The van der Waals surface area contributed by atoms with Gasteiger partial charge in [0.1, 0.15) is 12.2 Å². The zero-order valence-electron chi connectivity index (χ0n) is 20.6. The minimum Gasteiger partial charge on any atom is -0.462 e. The van der Waals surface area contributed by atoms with E-state index in [-0.39, 0.29) is 29.6 Å². The van der Waals surface area contributed by atoms with Gasteiger partial charge in [0.25, 0.3) is 0 Å². The molecule has 32 heavy (non-hydrogen) atoms. The second-order valence-corrected chi connectivity index (χ2v) is 12.2. The van der Waals surface area contributed by atoms with Crippen molar-refractivity contribution in [2.24, 2.45) is 34.5 Å². The topological polar surface area (TPSA) is 55.8 Å². The van der Waals surface area contributed by atoms with Gasteiger partial charge in [0.2, 0.25) is 0 Å². The Kier molecular flexibility index (Phi) is 5.87. The molecule has 0 radical (unpaired) electrons. The first-order valence-corrected chi connectivity index (χ1v) is 13.3. The third kappa shape index (κ3) is 3.52. The van der Waals surface area contributed by atoms with E-state index >= 15 is 0 Å². The van der Waals surface area contributed by atoms with Crippen LogP contribution in [-0.2, 0) is 19.1 Å². The van der Waals surface area contributed by atoms with Crippen molar-refractivity contribution in [3.63, 3.8) is 0 Å². The van der Waals surface area contributed by atoms with Crippen LogP contribution in [0.2, 0.25) is 0 Å². The van der Waals surface area contributed by atoms with Gasteiger partial charge in [0.15, 0.2) is 0 Å². The molecule has 0 bridgehead atoms. The van der Waals surface area contributed by atoms with E-state index in [1.165, 1.54) is 58.0 Å². The summed E-state index contributed by atoms with van der Waals surface area (Å²) in [7, 11) is 0. The summed E-state index contributed by atoms with van der Waals surface area (Å²) in [6.45, 7) is 10.6. The lowest BCUT2D eigenvalue weighted by Crippen LogP contribution is -2.63. The van der Waals surface area contributed by atoms with Crippen molar-refractivity contribution in [2.75, 3.05) is 13.1 Å². The van der Waals surface area contributed by atoms with Crippen molar-refractivity contribution in [2.45, 2.75) is 110 Å². The van der Waals surface area contributed by atoms with E-state index in [4.69, 9.17) is 9.47 Å². The maximum absolute atomic E-state index is 11.8. The van der Waals surface area contributed by atoms with Gasteiger partial charge in [-0.2, -0.15) is 0 Å². The van der Waals surface area contributed by atoms with Gasteiger partial charge >= 0.3 is 11.9 Å². The first-order valence-electron chi connectivity index (χ1n) is 13.3. The third-order valence-electron chi connectivity index (χ3n) is 10.9. The van der Waals surface area contributed by atoms with Crippen molar-refractivity contribution >= 4 is 11.9 Å². The van der Waals surface area contributed by atoms with Crippen molar-refractivity contribution in [3.05, 3.63) is 0 Å². The Balaban J connectivity index is 1.43. The number of ether oxygens (including phenoxy) is 2. The Bertz CT molecular complexity index is 748. The quantitative estimate of drug-likeness (QED) is 0.574. The summed E-state index contributed by atoms with van der Waals surface area (Å²) in [5.41, 5.74) is 0.443. The summed E-state index contributed by atoms with van der Waals surface area (Å²) < 4.78 is 11.7. The molecule has 1 heterocycles. The molecule has 1 saturated heterocycles. The van der Waals surface area contributed by atoms with Crippen LogP contribution in [0.5, 0.6) is 0 Å². The van der Waals surface area contributed by atoms with E-state index in [2.05, 4.69) is 18.7 Å². The number of nitrogens with zero attached hydrogens (tertiary/aromatic N) is 1. The zero-order chi connectivity index (χ0) is 22.7. The average molecular weight is 446 g/mol. The van der Waals surface area contributed by atoms with E-state index in [0.717, 1.165) is 31.1 Å². The van der Waals surface area contributed by atoms with Gasteiger partial charge in [-0.3, -0.25) is 14.5 Å². The maximum atomic E-state index is 11.8. The number of esters is 2. The van der Waals surface area contributed by atoms with Gasteiger partial charge in [0, 0.05) is 31.7 Å². The lowest BCUT2D eigenvalue weighted by atomic mass is 9.43. The van der Waals surface area contributed by atoms with Crippen molar-refractivity contribution in [1.82, 2.24) is 4.90 Å². The summed E-state index contributed by atoms with van der Waals surface area (Å²) in [5.74, 6) is 2.55. The minimum atomic E-state index is -0.122. The van der Waals surface area contributed by atoms with Gasteiger partial charge in [-0.15, -0.1) is 0 Å². The smallest absolute Gasteiger partial charge is 0.302 e. The molecule has 5 aliphatic rings. The molecule has 0 aromatic rings. The number of carbonyl (C=O) groups excluding carboxylic acids is 2. The maximum Gasteiger partial charge on any atom is 0.302 e. The normalized spacial score (nSPS) is 48.4. The van der Waals surface area contributed by atoms with E-state index in [1.807, 2.05) is 0 Å². The molecule has 180 valence electrons. The van der Waals surface area contributed by atoms with Gasteiger partial charge in [-0.1, -0.05) is 13.8 Å². The highest BCUT2D eigenvalue weighted by Crippen LogP contribution is 2.67. The summed E-state index contributed by atoms with van der Waals surface area (Å²) in [6.07, 6.45) is 12.1. The predicted octanol–water partition coefficient (Wildman–Crippen LogP) is 4.97. The zero-order valence-corrected chi connectivity index (χ0v) is 20.6. The molecular weight excluding hydrogens is 402 g/mol. The van der Waals surface area contributed by atoms with Crippen LogP contribution in [0.4, 0.5) is 0 Å². The lowest BCUT2D eigenvalue weighted by molar-refractivity contribution is -0.183. The molecule has 1 aliphatic heterocycles. The van der Waals surface area contributed by atoms with Crippen LogP contribution >= 0.6 is 0 Å². The summed E-state index contributed by atoms with van der Waals surface area (Å²) in [5, 5.41) is 0. The molecule has 4 aliphatic carbocycles. The Hall–Kier alpha value is -1.10. The molecule has 4 saturated carbocycles. The number of likely N-dealkylation sites (tertiary alicyclic amines) is 1. The monoisotopic (exact) mass is 445 g/mol. The Morgan fingerprint density at radius 1 is 0.844 bits per heavy atom. The Morgan fingerprint density at radius 3 is 2.25 bits per heavy atom. The van der Waals surface area contributed by atoms with Gasteiger partial charge in [-0.05, 0) is 100.0 Å². The van der Waals surface area contributed by atoms with Crippen LogP contribution in [-0.4, -0.2) is 48.2 Å². The number of rotatable bonds is 3. The van der Waals surface area contributed by atoms with Gasteiger partial charge in [0.05, 0.1) is 0 Å². The second-order valence-electron chi connectivity index (χ2n) is 12.2. The molecule has 0 amide bonds. The fraction of sp³-hybridized carbons (Fsp3) is 0.926. The second kappa shape index (κ2) is 8.29. The Labute approximate surface area is 194 Å². The van der Waals surface area contributed by atoms with Crippen molar-refractivity contribution < 1.29 is 19.1 Å². The van der Waals surface area contributed by atoms with Gasteiger partial charge in [-0.25, -0.2) is 0 Å². The molecule has 0 aromatic carbocycles. The molecule has 5 heteroatoms. The molecule has 0 N–H and O–H groups in total. The fourth-order valence-electron chi connectivity index (χ4n) is 9.55. The van der Waals surface area contributed by atoms with Gasteiger partial charge < -0.3 is 9.47 Å². The van der Waals surface area contributed by atoms with E-state index in [1.54, 1.807) is 13.8 Å². The van der Waals surface area contributed by atoms with Crippen LogP contribution in [0, 0.1) is 34.5 Å². The molecule has 9 atom stereocenters. The first-order chi connectivity index (χ1) is 15.2. The summed E-state index contributed by atoms with van der Waals surface area (Å²) >= 11 is 0. The largest absolute Gasteiger partial charge is 0.462 e. The van der Waals surface area contributed by atoms with Crippen LogP contribution in [0.25, 0.3) is 0 Å². The highest BCUT2D eigenvalue weighted by Gasteiger charge is 2.64. The number of carbonyl (C=O) groups is 2. The van der Waals surface area contributed by atoms with Crippen LogP contribution in [0.3, 0.4) is 0 Å². The lowest BCUT2D eigenvalue weighted by Gasteiger charge is -2.64. The number of fused-ring (bicyclic) bond motifs is 5. The van der Waals surface area contributed by atoms with Crippen molar-refractivity contribution in [1.29, 1.82) is 0 Å². The van der Waals surface area contributed by atoms with Crippen LogP contribution in [0.1, 0.15) is 91.9 Å². The standard InChI is InChI=1S/C27H43NO4/c1-17(29)31-20-15-19-7-8-21-22-9-10-25(32-18(2)30)26(22,3)12-11-23(21)27(19,4)24(16-20)28-13-5-6-14-28/h19-25H,5-16H2,1-4H3/t19-,20?,21-,22-,23-,24?,25?,26-,27-/m0/s1. The van der Waals surface area contributed by atoms with Crippen LogP contribution < -0.4 is 0 Å². The number of hydrogen-bond acceptors (Lipinski definition) is 5. The SMILES string of the molecule is CC(=O)OC1CC(N2CCCC2)[C@@]2(C)[C@@H](CC[C@@H]3[C@@H]2CC[C@]2(C)C(OC(C)=O)CC[C@@H]32)C1. The van der Waals surface area contributed by atoms with E-state index in [9.17, 15) is 9.59 Å². The molecule has 0 spiro atoms. The highest BCUT2D eigenvalue weighted by molar-refractivity contribution is 5.66. The number of hydrogen-bond donors (Lipinski definition) is 0. The van der Waals surface area contributed by atoms with Crippen molar-refractivity contribution in [3.8, 4) is 0 Å². The summed E-state index contributed by atoms with van der Waals surface area (Å²) in [4.78, 5) is 26.3. The average Bonchev–Trinajstić information content (AvgIpc) is 3.35. The Morgan fingerprint density at radius 2 is 1.56 bits per heavy atom. The first kappa shape index (κ1) is 22.7.